The van der Waals surface area contributed by atoms with Crippen molar-refractivity contribution in [3.63, 3.8) is 0 Å². The summed E-state index contributed by atoms with van der Waals surface area (Å²) in [6.07, 6.45) is -4.23. The second-order valence-electron chi connectivity index (χ2n) is 2.92. The van der Waals surface area contributed by atoms with Crippen LogP contribution in [-0.2, 0) is 11.3 Å². The van der Waals surface area contributed by atoms with Crippen molar-refractivity contribution in [2.75, 3.05) is 19.8 Å². The Bertz CT molecular complexity index is 261. The van der Waals surface area contributed by atoms with E-state index in [0.29, 0.717) is 13.1 Å². The first-order chi connectivity index (χ1) is 7.08. The summed E-state index contributed by atoms with van der Waals surface area (Å²) in [6, 6.07) is 3.90. The minimum atomic E-state index is -4.23. The van der Waals surface area contributed by atoms with Gasteiger partial charge in [0.1, 0.15) is 6.61 Å². The minimum absolute atomic E-state index is 0.0743. The standard InChI is InChI=1S/C9H12F3NOS/c10-9(11,12)7-14-4-3-13-6-8-2-1-5-15-8/h1-2,5,13H,3-4,6-7H2. The Morgan fingerprint density at radius 3 is 2.80 bits per heavy atom. The largest absolute Gasteiger partial charge is 0.411 e. The lowest BCUT2D eigenvalue weighted by Crippen LogP contribution is -2.23. The molecule has 0 amide bonds. The van der Waals surface area contributed by atoms with Crippen LogP contribution in [0.5, 0.6) is 0 Å². The van der Waals surface area contributed by atoms with Gasteiger partial charge in [-0.05, 0) is 11.4 Å². The van der Waals surface area contributed by atoms with Crippen LogP contribution in [0.1, 0.15) is 4.88 Å². The van der Waals surface area contributed by atoms with Gasteiger partial charge in [-0.25, -0.2) is 0 Å². The zero-order valence-corrected chi connectivity index (χ0v) is 8.83. The Morgan fingerprint density at radius 1 is 1.40 bits per heavy atom. The fraction of sp³-hybridized carbons (Fsp3) is 0.556. The van der Waals surface area contributed by atoms with Crippen LogP contribution in [0.2, 0.25) is 0 Å². The van der Waals surface area contributed by atoms with E-state index in [-0.39, 0.29) is 6.61 Å². The molecule has 1 heterocycles. The average Bonchev–Trinajstić information content (AvgIpc) is 2.61. The summed E-state index contributed by atoms with van der Waals surface area (Å²) >= 11 is 1.61. The van der Waals surface area contributed by atoms with Gasteiger partial charge in [0.15, 0.2) is 0 Å². The zero-order chi connectivity index (χ0) is 11.1. The molecule has 1 rings (SSSR count). The molecule has 0 aliphatic rings. The van der Waals surface area contributed by atoms with E-state index in [9.17, 15) is 13.2 Å². The van der Waals surface area contributed by atoms with Crippen LogP contribution < -0.4 is 5.32 Å². The summed E-state index contributed by atoms with van der Waals surface area (Å²) < 4.78 is 39.4. The van der Waals surface area contributed by atoms with Crippen LogP contribution in [-0.4, -0.2) is 25.9 Å². The molecule has 0 aromatic carbocycles. The van der Waals surface area contributed by atoms with Gasteiger partial charge in [-0.3, -0.25) is 0 Å². The second-order valence-corrected chi connectivity index (χ2v) is 3.96. The molecule has 0 aliphatic carbocycles. The Kier molecular flexibility index (Phi) is 5.07. The van der Waals surface area contributed by atoms with Gasteiger partial charge in [0.05, 0.1) is 6.61 Å². The van der Waals surface area contributed by atoms with E-state index in [2.05, 4.69) is 10.1 Å². The Balaban J connectivity index is 1.94. The van der Waals surface area contributed by atoms with Crippen molar-refractivity contribution in [1.29, 1.82) is 0 Å². The van der Waals surface area contributed by atoms with Crippen molar-refractivity contribution in [1.82, 2.24) is 5.32 Å². The van der Waals surface area contributed by atoms with Gasteiger partial charge in [0.25, 0.3) is 0 Å². The summed E-state index contributed by atoms with van der Waals surface area (Å²) in [5.41, 5.74) is 0. The van der Waals surface area contributed by atoms with Crippen LogP contribution in [0.15, 0.2) is 17.5 Å². The fourth-order valence-corrected chi connectivity index (χ4v) is 1.63. The first-order valence-corrected chi connectivity index (χ1v) is 5.33. The monoisotopic (exact) mass is 239 g/mol. The molecule has 86 valence electrons. The Morgan fingerprint density at radius 2 is 2.20 bits per heavy atom. The van der Waals surface area contributed by atoms with E-state index in [1.807, 2.05) is 17.5 Å². The molecule has 0 unspecified atom stereocenters. The van der Waals surface area contributed by atoms with Crippen LogP contribution in [0.3, 0.4) is 0 Å². The van der Waals surface area contributed by atoms with Crippen molar-refractivity contribution in [3.05, 3.63) is 22.4 Å². The van der Waals surface area contributed by atoms with Gasteiger partial charge < -0.3 is 10.1 Å². The number of nitrogens with one attached hydrogen (secondary N) is 1. The summed E-state index contributed by atoms with van der Waals surface area (Å²) in [6.45, 7) is -0.000405. The number of halogens is 3. The van der Waals surface area contributed by atoms with Gasteiger partial charge >= 0.3 is 6.18 Å². The van der Waals surface area contributed by atoms with Crippen LogP contribution in [0, 0.1) is 0 Å². The molecule has 0 bridgehead atoms. The molecule has 1 aromatic rings. The minimum Gasteiger partial charge on any atom is -0.371 e. The maximum Gasteiger partial charge on any atom is 0.411 e. The average molecular weight is 239 g/mol. The summed E-state index contributed by atoms with van der Waals surface area (Å²) in [5, 5.41) is 4.95. The number of hydrogen-bond donors (Lipinski definition) is 1. The number of alkyl halides is 3. The third-order valence-electron chi connectivity index (χ3n) is 1.57. The molecule has 0 saturated heterocycles. The molecule has 15 heavy (non-hydrogen) atoms. The molecule has 2 nitrogen and oxygen atoms in total. The molecule has 1 N–H and O–H groups in total. The van der Waals surface area contributed by atoms with Crippen molar-refractivity contribution in [3.8, 4) is 0 Å². The molecule has 0 saturated carbocycles. The maximum atomic E-state index is 11.6. The second kappa shape index (κ2) is 6.09. The quantitative estimate of drug-likeness (QED) is 0.770. The van der Waals surface area contributed by atoms with Crippen molar-refractivity contribution in [2.24, 2.45) is 0 Å². The third-order valence-corrected chi connectivity index (χ3v) is 2.44. The normalized spacial score (nSPS) is 11.9. The first-order valence-electron chi connectivity index (χ1n) is 4.45. The van der Waals surface area contributed by atoms with E-state index in [1.54, 1.807) is 11.3 Å². The van der Waals surface area contributed by atoms with Gasteiger partial charge in [-0.15, -0.1) is 11.3 Å². The zero-order valence-electron chi connectivity index (χ0n) is 8.01. The van der Waals surface area contributed by atoms with Gasteiger partial charge in [0.2, 0.25) is 0 Å². The molecule has 6 heteroatoms. The lowest BCUT2D eigenvalue weighted by Gasteiger charge is -2.07. The van der Waals surface area contributed by atoms with Gasteiger partial charge in [0, 0.05) is 18.0 Å². The number of ether oxygens (including phenoxy) is 1. The highest BCUT2D eigenvalue weighted by atomic mass is 32.1. The molecular formula is C9H12F3NOS. The van der Waals surface area contributed by atoms with Crippen LogP contribution in [0.25, 0.3) is 0 Å². The lowest BCUT2D eigenvalue weighted by molar-refractivity contribution is -0.173. The summed E-state index contributed by atoms with van der Waals surface area (Å²) in [7, 11) is 0. The highest BCUT2D eigenvalue weighted by molar-refractivity contribution is 7.09. The van der Waals surface area contributed by atoms with Crippen LogP contribution >= 0.6 is 11.3 Å². The van der Waals surface area contributed by atoms with Crippen molar-refractivity contribution in [2.45, 2.75) is 12.7 Å². The molecular weight excluding hydrogens is 227 g/mol. The first kappa shape index (κ1) is 12.5. The molecule has 0 aliphatic heterocycles. The summed E-state index contributed by atoms with van der Waals surface area (Å²) in [5.74, 6) is 0. The maximum absolute atomic E-state index is 11.6. The van der Waals surface area contributed by atoms with E-state index in [4.69, 9.17) is 0 Å². The molecule has 0 spiro atoms. The van der Waals surface area contributed by atoms with E-state index in [0.717, 1.165) is 4.88 Å². The topological polar surface area (TPSA) is 21.3 Å². The Labute approximate surface area is 90.1 Å². The van der Waals surface area contributed by atoms with E-state index in [1.165, 1.54) is 0 Å². The lowest BCUT2D eigenvalue weighted by atomic mass is 10.4. The van der Waals surface area contributed by atoms with E-state index < -0.39 is 12.8 Å². The predicted molar refractivity (Wildman–Crippen MR) is 52.9 cm³/mol. The van der Waals surface area contributed by atoms with Crippen molar-refractivity contribution < 1.29 is 17.9 Å². The fourth-order valence-electron chi connectivity index (χ4n) is 0.957. The molecule has 0 radical (unpaired) electrons. The van der Waals surface area contributed by atoms with Gasteiger partial charge in [-0.2, -0.15) is 13.2 Å². The molecule has 0 atom stereocenters. The molecule has 1 aromatic heterocycles. The number of thiophene rings is 1. The smallest absolute Gasteiger partial charge is 0.371 e. The van der Waals surface area contributed by atoms with Crippen LogP contribution in [0.4, 0.5) is 13.2 Å². The highest BCUT2D eigenvalue weighted by Crippen LogP contribution is 2.14. The van der Waals surface area contributed by atoms with E-state index >= 15 is 0 Å². The van der Waals surface area contributed by atoms with Gasteiger partial charge in [-0.1, -0.05) is 6.07 Å². The SMILES string of the molecule is FC(F)(F)COCCNCc1cccs1. The van der Waals surface area contributed by atoms with Crippen molar-refractivity contribution >= 4 is 11.3 Å². The summed E-state index contributed by atoms with van der Waals surface area (Å²) in [4.78, 5) is 1.16. The predicted octanol–water partition coefficient (Wildman–Crippen LogP) is 2.42. The number of rotatable bonds is 6. The highest BCUT2D eigenvalue weighted by Gasteiger charge is 2.27. The molecule has 0 fully saturated rings. The third kappa shape index (κ3) is 6.48. The number of hydrogen-bond acceptors (Lipinski definition) is 3. The Hall–Kier alpha value is -0.590.